The van der Waals surface area contributed by atoms with E-state index in [9.17, 15) is 17.6 Å². The van der Waals surface area contributed by atoms with Crippen molar-refractivity contribution < 1.29 is 17.6 Å². The van der Waals surface area contributed by atoms with Crippen LogP contribution in [0.15, 0.2) is 18.2 Å². The Morgan fingerprint density at radius 2 is 2.09 bits per heavy atom. The molecule has 0 radical (unpaired) electrons. The Kier molecular flexibility index (Phi) is 4.95. The lowest BCUT2D eigenvalue weighted by Crippen LogP contribution is -2.53. The van der Waals surface area contributed by atoms with Crippen molar-refractivity contribution in [1.29, 1.82) is 0 Å². The van der Waals surface area contributed by atoms with E-state index in [2.05, 4.69) is 15.4 Å². The molecule has 1 amide bonds. The molecule has 1 heterocycles. The number of carbonyl (C=O) groups excluding carboxylic acids is 1. The molecule has 0 spiro atoms. The highest BCUT2D eigenvalue weighted by Gasteiger charge is 2.37. The second kappa shape index (κ2) is 6.45. The molecule has 1 unspecified atom stereocenters. The van der Waals surface area contributed by atoms with Crippen molar-refractivity contribution in [2.45, 2.75) is 32.7 Å². The van der Waals surface area contributed by atoms with E-state index in [-0.39, 0.29) is 23.1 Å². The Bertz CT molecular complexity index is 704. The first-order valence-electron chi connectivity index (χ1n) is 7.40. The van der Waals surface area contributed by atoms with Crippen molar-refractivity contribution in [3.05, 3.63) is 24.0 Å². The predicted octanol–water partition coefficient (Wildman–Crippen LogP) is 1.91. The van der Waals surface area contributed by atoms with Gasteiger partial charge in [-0.1, -0.05) is 13.8 Å². The van der Waals surface area contributed by atoms with Crippen LogP contribution in [0.1, 0.15) is 26.7 Å². The summed E-state index contributed by atoms with van der Waals surface area (Å²) in [6.45, 7) is 4.81. The lowest BCUT2D eigenvalue weighted by Gasteiger charge is -2.38. The first-order chi connectivity index (χ1) is 10.6. The fraction of sp³-hybridized carbons (Fsp3) is 0.533. The molecular weight excluding hydrogens is 321 g/mol. The van der Waals surface area contributed by atoms with Crippen LogP contribution in [-0.2, 0) is 14.8 Å². The minimum absolute atomic E-state index is 0.184. The molecule has 1 aromatic rings. The average molecular weight is 343 g/mol. The van der Waals surface area contributed by atoms with Gasteiger partial charge < -0.3 is 10.6 Å². The van der Waals surface area contributed by atoms with E-state index < -0.39 is 15.8 Å². The van der Waals surface area contributed by atoms with Gasteiger partial charge in [0, 0.05) is 5.69 Å². The van der Waals surface area contributed by atoms with Crippen LogP contribution >= 0.6 is 0 Å². The van der Waals surface area contributed by atoms with E-state index in [1.54, 1.807) is 0 Å². The van der Waals surface area contributed by atoms with Gasteiger partial charge in [0.15, 0.2) is 0 Å². The fourth-order valence-corrected chi connectivity index (χ4v) is 3.31. The van der Waals surface area contributed by atoms with Crippen molar-refractivity contribution in [2.75, 3.05) is 22.8 Å². The van der Waals surface area contributed by atoms with Crippen molar-refractivity contribution >= 4 is 27.3 Å². The molecule has 8 heteroatoms. The number of sulfonamides is 1. The summed E-state index contributed by atoms with van der Waals surface area (Å²) >= 11 is 0. The van der Waals surface area contributed by atoms with E-state index in [0.717, 1.165) is 31.7 Å². The molecule has 128 valence electrons. The normalized spacial score (nSPS) is 20.8. The van der Waals surface area contributed by atoms with E-state index >= 15 is 0 Å². The smallest absolute Gasteiger partial charge is 0.242 e. The maximum Gasteiger partial charge on any atom is 0.242 e. The lowest BCUT2D eigenvalue weighted by atomic mass is 9.77. The summed E-state index contributed by atoms with van der Waals surface area (Å²) in [6, 6.07) is 3.43. The van der Waals surface area contributed by atoms with Gasteiger partial charge in [-0.15, -0.1) is 0 Å². The van der Waals surface area contributed by atoms with Gasteiger partial charge in [0.1, 0.15) is 5.82 Å². The van der Waals surface area contributed by atoms with Crippen molar-refractivity contribution in [3.63, 3.8) is 0 Å². The number of benzene rings is 1. The quantitative estimate of drug-likeness (QED) is 0.779. The van der Waals surface area contributed by atoms with Gasteiger partial charge in [0.25, 0.3) is 0 Å². The van der Waals surface area contributed by atoms with Crippen molar-refractivity contribution in [2.24, 2.45) is 5.41 Å². The summed E-state index contributed by atoms with van der Waals surface area (Å²) < 4.78 is 38.2. The molecule has 1 aliphatic rings. The van der Waals surface area contributed by atoms with Crippen LogP contribution in [0.25, 0.3) is 0 Å². The minimum Gasteiger partial charge on any atom is -0.325 e. The molecular formula is C15H22FN3O3S. The monoisotopic (exact) mass is 343 g/mol. The third-order valence-corrected chi connectivity index (χ3v) is 4.51. The van der Waals surface area contributed by atoms with E-state index in [1.807, 2.05) is 13.8 Å². The number of amides is 1. The SMILES string of the molecule is CC1(C)CCCNC1C(=O)Nc1ccc(F)c(NS(C)(=O)=O)c1. The lowest BCUT2D eigenvalue weighted by molar-refractivity contribution is -0.121. The Labute approximate surface area is 135 Å². The zero-order valence-corrected chi connectivity index (χ0v) is 14.3. The molecule has 0 aromatic heterocycles. The largest absolute Gasteiger partial charge is 0.325 e. The molecule has 1 fully saturated rings. The first-order valence-corrected chi connectivity index (χ1v) is 9.29. The molecule has 1 aliphatic heterocycles. The standard InChI is InChI=1S/C15H22FN3O3S/c1-15(2)7-4-8-17-13(15)14(20)18-10-5-6-11(16)12(9-10)19-23(3,21)22/h5-6,9,13,17,19H,4,7-8H2,1-3H3,(H,18,20). The van der Waals surface area contributed by atoms with Crippen LogP contribution in [0.5, 0.6) is 0 Å². The molecule has 1 atom stereocenters. The summed E-state index contributed by atoms with van der Waals surface area (Å²) in [5, 5.41) is 5.91. The number of nitrogens with one attached hydrogen (secondary N) is 3. The molecule has 1 aromatic carbocycles. The van der Waals surface area contributed by atoms with Crippen LogP contribution in [0.4, 0.5) is 15.8 Å². The van der Waals surface area contributed by atoms with Crippen LogP contribution < -0.4 is 15.4 Å². The molecule has 3 N–H and O–H groups in total. The molecule has 0 bridgehead atoms. The minimum atomic E-state index is -3.60. The summed E-state index contributed by atoms with van der Waals surface area (Å²) in [4.78, 5) is 12.5. The van der Waals surface area contributed by atoms with Crippen LogP contribution in [0.3, 0.4) is 0 Å². The molecule has 0 aliphatic carbocycles. The first kappa shape index (κ1) is 17.7. The van der Waals surface area contributed by atoms with Crippen molar-refractivity contribution in [1.82, 2.24) is 5.32 Å². The number of anilines is 2. The highest BCUT2D eigenvalue weighted by atomic mass is 32.2. The van der Waals surface area contributed by atoms with Gasteiger partial charge in [-0.2, -0.15) is 0 Å². The predicted molar refractivity (Wildman–Crippen MR) is 88.3 cm³/mol. The van der Waals surface area contributed by atoms with Crippen molar-refractivity contribution in [3.8, 4) is 0 Å². The molecule has 0 saturated carbocycles. The van der Waals surface area contributed by atoms with Crippen LogP contribution in [0, 0.1) is 11.2 Å². The Hall–Kier alpha value is -1.67. The Morgan fingerprint density at radius 3 is 2.70 bits per heavy atom. The number of halogens is 1. The summed E-state index contributed by atoms with van der Waals surface area (Å²) in [5.41, 5.74) is -0.0391. The van der Waals surface area contributed by atoms with Gasteiger partial charge in [-0.3, -0.25) is 9.52 Å². The highest BCUT2D eigenvalue weighted by Crippen LogP contribution is 2.31. The molecule has 23 heavy (non-hydrogen) atoms. The Morgan fingerprint density at radius 1 is 1.39 bits per heavy atom. The zero-order chi connectivity index (χ0) is 17.3. The molecule has 1 saturated heterocycles. The van der Waals surface area contributed by atoms with Gasteiger partial charge in [0.2, 0.25) is 15.9 Å². The third-order valence-electron chi connectivity index (χ3n) is 3.92. The highest BCUT2D eigenvalue weighted by molar-refractivity contribution is 7.92. The summed E-state index contributed by atoms with van der Waals surface area (Å²) in [5.74, 6) is -0.920. The topological polar surface area (TPSA) is 87.3 Å². The molecule has 6 nitrogen and oxygen atoms in total. The van der Waals surface area contributed by atoms with E-state index in [1.165, 1.54) is 12.1 Å². The number of carbonyl (C=O) groups is 1. The fourth-order valence-electron chi connectivity index (χ4n) is 2.75. The van der Waals surface area contributed by atoms with Gasteiger partial charge in [-0.05, 0) is 43.0 Å². The maximum absolute atomic E-state index is 13.7. The van der Waals surface area contributed by atoms with Crippen LogP contribution in [-0.4, -0.2) is 33.2 Å². The maximum atomic E-state index is 13.7. The average Bonchev–Trinajstić information content (AvgIpc) is 2.40. The summed E-state index contributed by atoms with van der Waals surface area (Å²) in [6.07, 6.45) is 2.88. The van der Waals surface area contributed by atoms with E-state index in [0.29, 0.717) is 5.69 Å². The van der Waals surface area contributed by atoms with Gasteiger partial charge in [0.05, 0.1) is 18.0 Å². The van der Waals surface area contributed by atoms with E-state index in [4.69, 9.17) is 0 Å². The van der Waals surface area contributed by atoms with Crippen LogP contribution in [0.2, 0.25) is 0 Å². The number of hydrogen-bond acceptors (Lipinski definition) is 4. The second-order valence-corrected chi connectivity index (χ2v) is 8.29. The number of rotatable bonds is 4. The van der Waals surface area contributed by atoms with Gasteiger partial charge in [-0.25, -0.2) is 12.8 Å². The number of piperidine rings is 1. The number of hydrogen-bond donors (Lipinski definition) is 3. The second-order valence-electron chi connectivity index (χ2n) is 6.54. The Balaban J connectivity index is 2.16. The molecule has 2 rings (SSSR count). The third kappa shape index (κ3) is 4.65. The summed E-state index contributed by atoms with van der Waals surface area (Å²) in [7, 11) is -3.60. The zero-order valence-electron chi connectivity index (χ0n) is 13.4. The van der Waals surface area contributed by atoms with Gasteiger partial charge >= 0.3 is 0 Å².